The Balaban J connectivity index is 2.55. The monoisotopic (exact) mass is 224 g/mol. The predicted octanol–water partition coefficient (Wildman–Crippen LogP) is 1.22. The van der Waals surface area contributed by atoms with E-state index in [9.17, 15) is 4.79 Å². The lowest BCUT2D eigenvalue weighted by molar-refractivity contribution is 0.0673. The number of nitrogens with one attached hydrogen (secondary N) is 1. The molecule has 0 radical (unpaired) electrons. The summed E-state index contributed by atoms with van der Waals surface area (Å²) in [6.45, 7) is 1.70. The van der Waals surface area contributed by atoms with Crippen LogP contribution in [0.2, 0.25) is 0 Å². The van der Waals surface area contributed by atoms with Gasteiger partial charge in [-0.3, -0.25) is 10.0 Å². The number of amides is 1. The van der Waals surface area contributed by atoms with E-state index >= 15 is 0 Å². The molecule has 0 fully saturated rings. The van der Waals surface area contributed by atoms with Crippen LogP contribution in [-0.4, -0.2) is 22.0 Å². The van der Waals surface area contributed by atoms with Crippen LogP contribution in [0.15, 0.2) is 9.57 Å². The van der Waals surface area contributed by atoms with E-state index in [-0.39, 0.29) is 5.76 Å². The number of aryl methyl sites for hydroxylation is 1. The van der Waals surface area contributed by atoms with Crippen molar-refractivity contribution in [3.8, 4) is 0 Å². The SMILES string of the molecule is Cc1c(C(=O)NO)oc2c1/C(=N/O)CCC2. The number of furan rings is 1. The third kappa shape index (κ3) is 1.47. The van der Waals surface area contributed by atoms with Gasteiger partial charge >= 0.3 is 5.91 Å². The Labute approximate surface area is 91.5 Å². The van der Waals surface area contributed by atoms with Gasteiger partial charge in [-0.25, -0.2) is 5.48 Å². The van der Waals surface area contributed by atoms with Crippen molar-refractivity contribution in [1.82, 2.24) is 5.48 Å². The maximum Gasteiger partial charge on any atom is 0.310 e. The van der Waals surface area contributed by atoms with Crippen molar-refractivity contribution in [3.05, 3.63) is 22.6 Å². The molecule has 0 unspecified atom stereocenters. The number of carbonyl (C=O) groups excluding carboxylic acids is 1. The summed E-state index contributed by atoms with van der Waals surface area (Å²) in [7, 11) is 0. The molecule has 1 heterocycles. The van der Waals surface area contributed by atoms with E-state index in [1.807, 2.05) is 0 Å². The summed E-state index contributed by atoms with van der Waals surface area (Å²) in [5, 5.41) is 20.6. The highest BCUT2D eigenvalue weighted by atomic mass is 16.5. The van der Waals surface area contributed by atoms with Crippen molar-refractivity contribution in [2.24, 2.45) is 5.16 Å². The number of nitrogens with zero attached hydrogens (tertiary/aromatic N) is 1. The maximum absolute atomic E-state index is 11.3. The Kier molecular flexibility index (Phi) is 2.66. The number of hydroxylamine groups is 1. The zero-order valence-corrected chi connectivity index (χ0v) is 8.78. The molecule has 16 heavy (non-hydrogen) atoms. The molecule has 1 aromatic heterocycles. The molecule has 0 bridgehead atoms. The summed E-state index contributed by atoms with van der Waals surface area (Å²) in [4.78, 5) is 11.3. The molecule has 0 saturated carbocycles. The van der Waals surface area contributed by atoms with Crippen molar-refractivity contribution in [2.75, 3.05) is 0 Å². The number of carbonyl (C=O) groups is 1. The molecular weight excluding hydrogens is 212 g/mol. The first kappa shape index (κ1) is 10.7. The Morgan fingerprint density at radius 2 is 2.25 bits per heavy atom. The Bertz CT molecular complexity index is 462. The molecule has 3 N–H and O–H groups in total. The number of oxime groups is 1. The van der Waals surface area contributed by atoms with Crippen LogP contribution in [0.4, 0.5) is 0 Å². The van der Waals surface area contributed by atoms with E-state index in [1.165, 1.54) is 5.48 Å². The fourth-order valence-electron chi connectivity index (χ4n) is 2.04. The zero-order chi connectivity index (χ0) is 11.7. The van der Waals surface area contributed by atoms with Crippen LogP contribution in [0.5, 0.6) is 0 Å². The second-order valence-corrected chi connectivity index (χ2v) is 3.70. The van der Waals surface area contributed by atoms with Gasteiger partial charge in [0.1, 0.15) is 5.76 Å². The summed E-state index contributed by atoms with van der Waals surface area (Å²) in [5.74, 6) is 0.00916. The van der Waals surface area contributed by atoms with Gasteiger partial charge in [-0.2, -0.15) is 0 Å². The van der Waals surface area contributed by atoms with Gasteiger partial charge in [0.15, 0.2) is 5.76 Å². The number of rotatable bonds is 1. The van der Waals surface area contributed by atoms with Crippen molar-refractivity contribution < 1.29 is 19.6 Å². The van der Waals surface area contributed by atoms with E-state index in [2.05, 4.69) is 5.16 Å². The topological polar surface area (TPSA) is 95.1 Å². The van der Waals surface area contributed by atoms with Crippen LogP contribution in [0.3, 0.4) is 0 Å². The fourth-order valence-corrected chi connectivity index (χ4v) is 2.04. The molecule has 86 valence electrons. The molecule has 1 amide bonds. The van der Waals surface area contributed by atoms with Crippen LogP contribution in [0.25, 0.3) is 0 Å². The maximum atomic E-state index is 11.3. The molecule has 0 spiro atoms. The molecule has 0 aromatic carbocycles. The molecule has 1 aliphatic carbocycles. The predicted molar refractivity (Wildman–Crippen MR) is 54.0 cm³/mol. The smallest absolute Gasteiger partial charge is 0.310 e. The number of hydrogen-bond donors (Lipinski definition) is 3. The standard InChI is InChI=1S/C10H12N2O4/c1-5-8-6(11-14)3-2-4-7(8)16-9(5)10(13)12-15/h14-15H,2-4H2,1H3,(H,12,13)/b11-6+. The summed E-state index contributed by atoms with van der Waals surface area (Å²) in [5.41, 5.74) is 3.34. The average Bonchev–Trinajstić information content (AvgIpc) is 2.66. The Morgan fingerprint density at radius 1 is 1.50 bits per heavy atom. The Hall–Kier alpha value is -1.82. The van der Waals surface area contributed by atoms with E-state index < -0.39 is 5.91 Å². The molecule has 1 aliphatic rings. The highest BCUT2D eigenvalue weighted by Gasteiger charge is 2.27. The third-order valence-electron chi connectivity index (χ3n) is 2.75. The van der Waals surface area contributed by atoms with Crippen molar-refractivity contribution >= 4 is 11.6 Å². The number of fused-ring (bicyclic) bond motifs is 1. The van der Waals surface area contributed by atoms with E-state index in [0.29, 0.717) is 35.4 Å². The minimum atomic E-state index is -0.691. The molecule has 6 nitrogen and oxygen atoms in total. The minimum Gasteiger partial charge on any atom is -0.455 e. The van der Waals surface area contributed by atoms with Crippen molar-refractivity contribution in [1.29, 1.82) is 0 Å². The molecular formula is C10H12N2O4. The van der Waals surface area contributed by atoms with Gasteiger partial charge in [-0.15, -0.1) is 0 Å². The molecule has 0 aliphatic heterocycles. The zero-order valence-electron chi connectivity index (χ0n) is 8.78. The molecule has 1 aromatic rings. The fraction of sp³-hybridized carbons (Fsp3) is 0.400. The van der Waals surface area contributed by atoms with Crippen molar-refractivity contribution in [3.63, 3.8) is 0 Å². The molecule has 6 heteroatoms. The summed E-state index contributed by atoms with van der Waals surface area (Å²) >= 11 is 0. The van der Waals surface area contributed by atoms with Crippen LogP contribution >= 0.6 is 0 Å². The Morgan fingerprint density at radius 3 is 2.88 bits per heavy atom. The van der Waals surface area contributed by atoms with Gasteiger partial charge in [-0.1, -0.05) is 5.16 Å². The van der Waals surface area contributed by atoms with E-state index in [4.69, 9.17) is 14.8 Å². The van der Waals surface area contributed by atoms with E-state index in [0.717, 1.165) is 6.42 Å². The quantitative estimate of drug-likeness (QED) is 0.379. The first-order valence-electron chi connectivity index (χ1n) is 4.97. The number of hydrogen-bond acceptors (Lipinski definition) is 5. The largest absolute Gasteiger partial charge is 0.455 e. The summed E-state index contributed by atoms with van der Waals surface area (Å²) in [6, 6.07) is 0. The molecule has 0 saturated heterocycles. The van der Waals surface area contributed by atoms with Crippen LogP contribution < -0.4 is 5.48 Å². The summed E-state index contributed by atoms with van der Waals surface area (Å²) < 4.78 is 5.36. The minimum absolute atomic E-state index is 0.0653. The second-order valence-electron chi connectivity index (χ2n) is 3.70. The first-order valence-corrected chi connectivity index (χ1v) is 4.97. The van der Waals surface area contributed by atoms with Gasteiger partial charge in [0.05, 0.1) is 5.71 Å². The lowest BCUT2D eigenvalue weighted by Gasteiger charge is -2.11. The van der Waals surface area contributed by atoms with Gasteiger partial charge in [0.2, 0.25) is 0 Å². The highest BCUT2D eigenvalue weighted by Crippen LogP contribution is 2.29. The van der Waals surface area contributed by atoms with Gasteiger partial charge in [-0.05, 0) is 19.8 Å². The van der Waals surface area contributed by atoms with Gasteiger partial charge in [0.25, 0.3) is 0 Å². The second kappa shape index (κ2) is 3.97. The van der Waals surface area contributed by atoms with Crippen LogP contribution in [0.1, 0.15) is 40.3 Å². The van der Waals surface area contributed by atoms with Gasteiger partial charge in [0, 0.05) is 17.5 Å². The van der Waals surface area contributed by atoms with Crippen molar-refractivity contribution in [2.45, 2.75) is 26.2 Å². The lowest BCUT2D eigenvalue weighted by atomic mass is 9.93. The normalized spacial score (nSPS) is 17.2. The highest BCUT2D eigenvalue weighted by molar-refractivity contribution is 6.05. The first-order chi connectivity index (χ1) is 7.69. The molecule has 2 rings (SSSR count). The van der Waals surface area contributed by atoms with Gasteiger partial charge < -0.3 is 9.62 Å². The summed E-state index contributed by atoms with van der Waals surface area (Å²) in [6.07, 6.45) is 2.18. The lowest BCUT2D eigenvalue weighted by Crippen LogP contribution is -2.19. The van der Waals surface area contributed by atoms with Crippen LogP contribution in [0, 0.1) is 6.92 Å². The third-order valence-corrected chi connectivity index (χ3v) is 2.75. The average molecular weight is 224 g/mol. The molecule has 0 atom stereocenters. The van der Waals surface area contributed by atoms with Crippen LogP contribution in [-0.2, 0) is 6.42 Å². The van der Waals surface area contributed by atoms with E-state index in [1.54, 1.807) is 6.92 Å².